The van der Waals surface area contributed by atoms with E-state index in [4.69, 9.17) is 4.74 Å². The van der Waals surface area contributed by atoms with E-state index in [0.29, 0.717) is 6.61 Å². The Morgan fingerprint density at radius 3 is 3.00 bits per heavy atom. The standard InChI is InChI=1S/C14H22N2O2S/c1-3-6-11-14(17)16(8-5-9-18-2)13(15-11)12-7-4-10-19-12/h4,7,10-11,13,15H,3,5-6,8-9H2,1-2H3. The molecular weight excluding hydrogens is 260 g/mol. The van der Waals surface area contributed by atoms with Crippen LogP contribution in [0.5, 0.6) is 0 Å². The zero-order chi connectivity index (χ0) is 13.7. The van der Waals surface area contributed by atoms with E-state index in [1.807, 2.05) is 11.0 Å². The molecule has 0 radical (unpaired) electrons. The predicted molar refractivity (Wildman–Crippen MR) is 77.1 cm³/mol. The van der Waals surface area contributed by atoms with Gasteiger partial charge < -0.3 is 9.64 Å². The van der Waals surface area contributed by atoms with Gasteiger partial charge in [0.05, 0.1) is 6.04 Å². The molecule has 1 aromatic heterocycles. The van der Waals surface area contributed by atoms with Crippen molar-refractivity contribution < 1.29 is 9.53 Å². The first-order valence-corrected chi connectivity index (χ1v) is 7.74. The summed E-state index contributed by atoms with van der Waals surface area (Å²) in [6, 6.07) is 4.10. The number of nitrogens with one attached hydrogen (secondary N) is 1. The molecule has 0 spiro atoms. The van der Waals surface area contributed by atoms with Gasteiger partial charge in [0.2, 0.25) is 5.91 Å². The maximum atomic E-state index is 12.4. The number of hydrogen-bond donors (Lipinski definition) is 1. The Hall–Kier alpha value is -0.910. The first-order chi connectivity index (χ1) is 9.27. The Morgan fingerprint density at radius 2 is 2.37 bits per heavy atom. The van der Waals surface area contributed by atoms with Gasteiger partial charge in [-0.2, -0.15) is 0 Å². The Labute approximate surface area is 118 Å². The molecule has 1 aliphatic rings. The van der Waals surface area contributed by atoms with Crippen LogP contribution >= 0.6 is 11.3 Å². The molecule has 0 bridgehead atoms. The minimum atomic E-state index is -0.0281. The summed E-state index contributed by atoms with van der Waals surface area (Å²) in [5.74, 6) is 0.233. The van der Waals surface area contributed by atoms with Crippen molar-refractivity contribution in [2.45, 2.75) is 38.4 Å². The fraction of sp³-hybridized carbons (Fsp3) is 0.643. The quantitative estimate of drug-likeness (QED) is 0.781. The highest BCUT2D eigenvalue weighted by Crippen LogP contribution is 2.29. The smallest absolute Gasteiger partial charge is 0.241 e. The number of carbonyl (C=O) groups excluding carboxylic acids is 1. The van der Waals surface area contributed by atoms with Gasteiger partial charge in [-0.15, -0.1) is 11.3 Å². The molecule has 19 heavy (non-hydrogen) atoms. The second-order valence-corrected chi connectivity index (χ2v) is 5.78. The normalized spacial score (nSPS) is 23.3. The number of thiophene rings is 1. The van der Waals surface area contributed by atoms with Gasteiger partial charge in [-0.05, 0) is 24.3 Å². The highest BCUT2D eigenvalue weighted by molar-refractivity contribution is 7.10. The molecule has 5 heteroatoms. The molecule has 2 unspecified atom stereocenters. The van der Waals surface area contributed by atoms with Gasteiger partial charge in [0.1, 0.15) is 6.17 Å². The Balaban J connectivity index is 2.07. The van der Waals surface area contributed by atoms with Crippen LogP contribution in [0.2, 0.25) is 0 Å². The van der Waals surface area contributed by atoms with Crippen LogP contribution in [0.3, 0.4) is 0 Å². The monoisotopic (exact) mass is 282 g/mol. The number of carbonyl (C=O) groups is 1. The van der Waals surface area contributed by atoms with Crippen LogP contribution in [0, 0.1) is 0 Å². The zero-order valence-corrected chi connectivity index (χ0v) is 12.4. The molecular formula is C14H22N2O2S. The molecule has 2 atom stereocenters. The summed E-state index contributed by atoms with van der Waals surface area (Å²) >= 11 is 1.70. The minimum Gasteiger partial charge on any atom is -0.385 e. The highest BCUT2D eigenvalue weighted by Gasteiger charge is 2.38. The van der Waals surface area contributed by atoms with Gasteiger partial charge in [0, 0.05) is 25.1 Å². The Bertz CT molecular complexity index is 394. The first-order valence-electron chi connectivity index (χ1n) is 6.86. The number of amides is 1. The number of nitrogens with zero attached hydrogens (tertiary/aromatic N) is 1. The van der Waals surface area contributed by atoms with Crippen molar-refractivity contribution in [1.29, 1.82) is 0 Å². The third-order valence-electron chi connectivity index (χ3n) is 3.39. The molecule has 1 saturated heterocycles. The summed E-state index contributed by atoms with van der Waals surface area (Å²) in [6.07, 6.45) is 2.85. The van der Waals surface area contributed by atoms with Crippen LogP contribution < -0.4 is 5.32 Å². The van der Waals surface area contributed by atoms with Gasteiger partial charge in [-0.3, -0.25) is 10.1 Å². The minimum absolute atomic E-state index is 0.0281. The third kappa shape index (κ3) is 3.35. The number of hydrogen-bond acceptors (Lipinski definition) is 4. The fourth-order valence-electron chi connectivity index (χ4n) is 2.48. The maximum Gasteiger partial charge on any atom is 0.241 e. The van der Waals surface area contributed by atoms with Crippen LogP contribution in [0.25, 0.3) is 0 Å². The fourth-order valence-corrected chi connectivity index (χ4v) is 3.27. The molecule has 0 aliphatic carbocycles. The van der Waals surface area contributed by atoms with Gasteiger partial charge in [-0.25, -0.2) is 0 Å². The average molecular weight is 282 g/mol. The number of methoxy groups -OCH3 is 1. The molecule has 2 heterocycles. The van der Waals surface area contributed by atoms with Crippen LogP contribution in [-0.2, 0) is 9.53 Å². The second kappa shape index (κ2) is 7.03. The van der Waals surface area contributed by atoms with Crippen molar-refractivity contribution in [3.8, 4) is 0 Å². The van der Waals surface area contributed by atoms with Crippen molar-refractivity contribution in [3.63, 3.8) is 0 Å². The molecule has 0 saturated carbocycles. The third-order valence-corrected chi connectivity index (χ3v) is 4.31. The molecule has 0 aromatic carbocycles. The first kappa shape index (κ1) is 14.5. The number of rotatable bonds is 7. The van der Waals surface area contributed by atoms with E-state index in [1.165, 1.54) is 4.88 Å². The molecule has 1 aliphatic heterocycles. The predicted octanol–water partition coefficient (Wildman–Crippen LogP) is 2.38. The summed E-state index contributed by atoms with van der Waals surface area (Å²) in [7, 11) is 1.70. The SMILES string of the molecule is CCCC1NC(c2cccs2)N(CCCOC)C1=O. The lowest BCUT2D eigenvalue weighted by molar-refractivity contribution is -0.130. The van der Waals surface area contributed by atoms with Crippen LogP contribution in [0.4, 0.5) is 0 Å². The number of ether oxygens (including phenoxy) is 1. The van der Waals surface area contributed by atoms with Crippen molar-refractivity contribution in [1.82, 2.24) is 10.2 Å². The van der Waals surface area contributed by atoms with Gasteiger partial charge >= 0.3 is 0 Å². The Morgan fingerprint density at radius 1 is 1.53 bits per heavy atom. The van der Waals surface area contributed by atoms with Crippen molar-refractivity contribution in [2.24, 2.45) is 0 Å². The van der Waals surface area contributed by atoms with E-state index in [1.54, 1.807) is 18.4 Å². The van der Waals surface area contributed by atoms with Crippen LogP contribution in [0.15, 0.2) is 17.5 Å². The summed E-state index contributed by atoms with van der Waals surface area (Å²) in [6.45, 7) is 3.56. The summed E-state index contributed by atoms with van der Waals surface area (Å²) in [4.78, 5) is 15.6. The van der Waals surface area contributed by atoms with Crippen molar-refractivity contribution in [3.05, 3.63) is 22.4 Å². The highest BCUT2D eigenvalue weighted by atomic mass is 32.1. The Kier molecular flexibility index (Phi) is 5.36. The van der Waals surface area contributed by atoms with Crippen molar-refractivity contribution in [2.75, 3.05) is 20.3 Å². The molecule has 106 valence electrons. The van der Waals surface area contributed by atoms with E-state index in [-0.39, 0.29) is 18.1 Å². The summed E-state index contributed by atoms with van der Waals surface area (Å²) in [5, 5.41) is 5.52. The molecule has 1 fully saturated rings. The largest absolute Gasteiger partial charge is 0.385 e. The molecule has 1 N–H and O–H groups in total. The lowest BCUT2D eigenvalue weighted by atomic mass is 10.2. The molecule has 2 rings (SSSR count). The summed E-state index contributed by atoms with van der Waals surface area (Å²) < 4.78 is 5.08. The van der Waals surface area contributed by atoms with Gasteiger partial charge in [0.25, 0.3) is 0 Å². The maximum absolute atomic E-state index is 12.4. The van der Waals surface area contributed by atoms with E-state index < -0.39 is 0 Å². The van der Waals surface area contributed by atoms with E-state index in [9.17, 15) is 4.79 Å². The molecule has 4 nitrogen and oxygen atoms in total. The van der Waals surface area contributed by atoms with Gasteiger partial charge in [-0.1, -0.05) is 19.4 Å². The van der Waals surface area contributed by atoms with E-state index in [0.717, 1.165) is 25.8 Å². The van der Waals surface area contributed by atoms with Crippen molar-refractivity contribution >= 4 is 17.2 Å². The lowest BCUT2D eigenvalue weighted by Gasteiger charge is -2.23. The van der Waals surface area contributed by atoms with Crippen LogP contribution in [-0.4, -0.2) is 37.1 Å². The van der Waals surface area contributed by atoms with E-state index in [2.05, 4.69) is 23.7 Å². The van der Waals surface area contributed by atoms with Crippen LogP contribution in [0.1, 0.15) is 37.2 Å². The summed E-state index contributed by atoms with van der Waals surface area (Å²) in [5.41, 5.74) is 0. The molecule has 1 amide bonds. The topological polar surface area (TPSA) is 41.6 Å². The lowest BCUT2D eigenvalue weighted by Crippen LogP contribution is -2.32. The zero-order valence-electron chi connectivity index (χ0n) is 11.6. The second-order valence-electron chi connectivity index (χ2n) is 4.80. The molecule has 1 aromatic rings. The van der Waals surface area contributed by atoms with Gasteiger partial charge in [0.15, 0.2) is 0 Å². The van der Waals surface area contributed by atoms with E-state index >= 15 is 0 Å². The average Bonchev–Trinajstić information content (AvgIpc) is 3.02.